The molecule has 0 atom stereocenters. The summed E-state index contributed by atoms with van der Waals surface area (Å²) in [6.45, 7) is 18.6. The molecule has 0 saturated carbocycles. The van der Waals surface area contributed by atoms with Crippen molar-refractivity contribution in [2.75, 3.05) is 7.11 Å². The maximum absolute atomic E-state index is 12.7. The van der Waals surface area contributed by atoms with Gasteiger partial charge in [0.15, 0.2) is 5.78 Å². The third-order valence-corrected chi connectivity index (χ3v) is 4.47. The highest BCUT2D eigenvalue weighted by Crippen LogP contribution is 2.42. The van der Waals surface area contributed by atoms with E-state index in [9.17, 15) is 4.79 Å². The van der Waals surface area contributed by atoms with Crippen LogP contribution in [0.4, 0.5) is 0 Å². The van der Waals surface area contributed by atoms with Gasteiger partial charge in [0, 0.05) is 11.1 Å². The van der Waals surface area contributed by atoms with Crippen molar-refractivity contribution in [1.29, 1.82) is 0 Å². The predicted octanol–water partition coefficient (Wildman–Crippen LogP) is 7.24. The number of carbonyl (C=O) groups is 1. The van der Waals surface area contributed by atoms with Crippen LogP contribution in [-0.4, -0.2) is 24.1 Å². The molecule has 0 radical (unpaired) electrons. The summed E-state index contributed by atoms with van der Waals surface area (Å²) in [6, 6.07) is 11.1. The van der Waals surface area contributed by atoms with Crippen LogP contribution >= 0.6 is 0 Å². The number of rotatable bonds is 6. The highest BCUT2D eigenvalue weighted by molar-refractivity contribution is 6.06. The number of allylic oxidation sites excluding steroid dienone is 1. The zero-order chi connectivity index (χ0) is 24.3. The van der Waals surface area contributed by atoms with Crippen LogP contribution in [0.2, 0.25) is 0 Å². The molecule has 2 aromatic carbocycles. The summed E-state index contributed by atoms with van der Waals surface area (Å²) in [4.78, 5) is 12.7. The number of ketones is 1. The molecule has 4 nitrogen and oxygen atoms in total. The van der Waals surface area contributed by atoms with Crippen LogP contribution in [0.25, 0.3) is 6.08 Å². The Morgan fingerprint density at radius 1 is 0.781 bits per heavy atom. The maximum atomic E-state index is 12.7. The van der Waals surface area contributed by atoms with Gasteiger partial charge in [-0.25, -0.2) is 0 Å². The third kappa shape index (κ3) is 7.44. The van der Waals surface area contributed by atoms with E-state index in [1.54, 1.807) is 37.5 Å². The lowest BCUT2D eigenvalue weighted by Gasteiger charge is -2.32. The van der Waals surface area contributed by atoms with Crippen molar-refractivity contribution < 1.29 is 19.0 Å². The van der Waals surface area contributed by atoms with Crippen molar-refractivity contribution in [3.05, 3.63) is 59.2 Å². The molecular formula is C28H38O4. The highest BCUT2D eigenvalue weighted by atomic mass is 16.5. The van der Waals surface area contributed by atoms with E-state index >= 15 is 0 Å². The molecule has 0 bridgehead atoms. The summed E-state index contributed by atoms with van der Waals surface area (Å²) < 4.78 is 17.9. The number of carbonyl (C=O) groups excluding carboxylic acids is 1. The minimum Gasteiger partial charge on any atom is -0.497 e. The van der Waals surface area contributed by atoms with Gasteiger partial charge in [-0.2, -0.15) is 0 Å². The summed E-state index contributed by atoms with van der Waals surface area (Å²) >= 11 is 0. The molecule has 0 aromatic heterocycles. The smallest absolute Gasteiger partial charge is 0.185 e. The van der Waals surface area contributed by atoms with Gasteiger partial charge in [0.2, 0.25) is 0 Å². The van der Waals surface area contributed by atoms with Gasteiger partial charge in [-0.05, 0) is 95.0 Å². The van der Waals surface area contributed by atoms with Crippen LogP contribution in [0, 0.1) is 0 Å². The molecule has 2 rings (SSSR count). The van der Waals surface area contributed by atoms with Crippen LogP contribution in [0.3, 0.4) is 0 Å². The average molecular weight is 439 g/mol. The SMILES string of the molecule is COc1ccc(C(=O)/C=C/c2cc(OC(C)(C)C)c(C(C)(C)C)c(OC(C)(C)C)c2)cc1. The van der Waals surface area contributed by atoms with E-state index in [1.165, 1.54) is 0 Å². The molecule has 4 heteroatoms. The molecule has 0 aliphatic heterocycles. The number of hydrogen-bond donors (Lipinski definition) is 0. The molecule has 0 amide bonds. The molecule has 2 aromatic rings. The lowest BCUT2D eigenvalue weighted by molar-refractivity contribution is 0.104. The van der Waals surface area contributed by atoms with Crippen molar-refractivity contribution in [2.24, 2.45) is 0 Å². The molecule has 0 N–H and O–H groups in total. The monoisotopic (exact) mass is 438 g/mol. The first-order valence-corrected chi connectivity index (χ1v) is 11.0. The Labute approximate surface area is 193 Å². The van der Waals surface area contributed by atoms with Crippen LogP contribution in [0.5, 0.6) is 17.2 Å². The first-order valence-electron chi connectivity index (χ1n) is 11.0. The van der Waals surface area contributed by atoms with E-state index in [2.05, 4.69) is 20.8 Å². The minimum absolute atomic E-state index is 0.0795. The molecule has 32 heavy (non-hydrogen) atoms. The van der Waals surface area contributed by atoms with Gasteiger partial charge in [-0.15, -0.1) is 0 Å². The fraction of sp³-hybridized carbons (Fsp3) is 0.464. The summed E-state index contributed by atoms with van der Waals surface area (Å²) in [6.07, 6.45) is 3.39. The molecule has 0 unspecified atom stereocenters. The van der Waals surface area contributed by atoms with Crippen molar-refractivity contribution in [3.63, 3.8) is 0 Å². The third-order valence-electron chi connectivity index (χ3n) is 4.47. The molecule has 0 fully saturated rings. The Morgan fingerprint density at radius 3 is 1.62 bits per heavy atom. The second-order valence-electron chi connectivity index (χ2n) is 11.0. The van der Waals surface area contributed by atoms with Crippen LogP contribution < -0.4 is 14.2 Å². The second kappa shape index (κ2) is 9.40. The molecular weight excluding hydrogens is 400 g/mol. The van der Waals surface area contributed by atoms with E-state index in [4.69, 9.17) is 14.2 Å². The van der Waals surface area contributed by atoms with Gasteiger partial charge in [0.05, 0.1) is 7.11 Å². The number of methoxy groups -OCH3 is 1. The van der Waals surface area contributed by atoms with E-state index < -0.39 is 0 Å². The van der Waals surface area contributed by atoms with Gasteiger partial charge in [0.25, 0.3) is 0 Å². The van der Waals surface area contributed by atoms with Crippen LogP contribution in [0.15, 0.2) is 42.5 Å². The van der Waals surface area contributed by atoms with E-state index in [-0.39, 0.29) is 22.4 Å². The summed E-state index contributed by atoms with van der Waals surface area (Å²) in [5.41, 5.74) is 1.52. The maximum Gasteiger partial charge on any atom is 0.185 e. The lowest BCUT2D eigenvalue weighted by Crippen LogP contribution is -2.28. The standard InChI is InChI=1S/C28H38O4/c1-26(2,3)25-23(31-27(4,5)6)17-19(18-24(25)32-28(7,8)9)11-16-22(29)20-12-14-21(30-10)15-13-20/h11-18H,1-10H3/b16-11+. The van der Waals surface area contributed by atoms with E-state index in [1.807, 2.05) is 59.8 Å². The highest BCUT2D eigenvalue weighted by Gasteiger charge is 2.29. The predicted molar refractivity (Wildman–Crippen MR) is 132 cm³/mol. The van der Waals surface area contributed by atoms with E-state index in [0.29, 0.717) is 5.56 Å². The number of ether oxygens (including phenoxy) is 3. The van der Waals surface area contributed by atoms with Gasteiger partial charge < -0.3 is 14.2 Å². The first-order chi connectivity index (χ1) is 14.6. The normalized spacial score (nSPS) is 12.7. The molecule has 0 saturated heterocycles. The van der Waals surface area contributed by atoms with Crippen LogP contribution in [0.1, 0.15) is 83.8 Å². The molecule has 174 valence electrons. The van der Waals surface area contributed by atoms with Crippen LogP contribution in [-0.2, 0) is 5.41 Å². The fourth-order valence-corrected chi connectivity index (χ4v) is 3.29. The van der Waals surface area contributed by atoms with Crippen molar-refractivity contribution >= 4 is 11.9 Å². The minimum atomic E-state index is -0.375. The Morgan fingerprint density at radius 2 is 1.25 bits per heavy atom. The fourth-order valence-electron chi connectivity index (χ4n) is 3.29. The van der Waals surface area contributed by atoms with Gasteiger partial charge in [-0.1, -0.05) is 26.8 Å². The molecule has 0 aliphatic rings. The van der Waals surface area contributed by atoms with Crippen molar-refractivity contribution in [1.82, 2.24) is 0 Å². The summed E-state index contributed by atoms with van der Waals surface area (Å²) in [5, 5.41) is 0. The van der Waals surface area contributed by atoms with Crippen molar-refractivity contribution in [2.45, 2.75) is 78.9 Å². The number of benzene rings is 2. The molecule has 0 heterocycles. The number of hydrogen-bond acceptors (Lipinski definition) is 4. The largest absolute Gasteiger partial charge is 0.497 e. The molecule has 0 spiro atoms. The Bertz CT molecular complexity index is 925. The average Bonchev–Trinajstić information content (AvgIpc) is 2.62. The zero-order valence-corrected chi connectivity index (χ0v) is 21.3. The van der Waals surface area contributed by atoms with Gasteiger partial charge in [-0.3, -0.25) is 4.79 Å². The topological polar surface area (TPSA) is 44.8 Å². The Balaban J connectivity index is 2.53. The Kier molecular flexibility index (Phi) is 7.49. The zero-order valence-electron chi connectivity index (χ0n) is 21.3. The quantitative estimate of drug-likeness (QED) is 0.352. The van der Waals surface area contributed by atoms with E-state index in [0.717, 1.165) is 28.4 Å². The van der Waals surface area contributed by atoms with Gasteiger partial charge >= 0.3 is 0 Å². The second-order valence-corrected chi connectivity index (χ2v) is 11.0. The van der Waals surface area contributed by atoms with Gasteiger partial charge in [0.1, 0.15) is 28.5 Å². The summed E-state index contributed by atoms with van der Waals surface area (Å²) in [7, 11) is 1.60. The lowest BCUT2D eigenvalue weighted by atomic mass is 9.84. The first kappa shape index (κ1) is 25.5. The van der Waals surface area contributed by atoms with Crippen molar-refractivity contribution in [3.8, 4) is 17.2 Å². The summed E-state index contributed by atoms with van der Waals surface area (Å²) in [5.74, 6) is 2.17. The molecule has 0 aliphatic carbocycles. The Hall–Kier alpha value is -2.75.